The molecule has 0 unspecified atom stereocenters. The van der Waals surface area contributed by atoms with E-state index in [2.05, 4.69) is 155 Å². The molecule has 0 aliphatic heterocycles. The van der Waals surface area contributed by atoms with Gasteiger partial charge in [0.15, 0.2) is 0 Å². The van der Waals surface area contributed by atoms with Crippen LogP contribution in [0, 0.1) is 0 Å². The molecule has 4 aromatic heterocycles. The monoisotopic (exact) mass is 540 g/mol. The number of fused-ring (bicyclic) bond motifs is 14. The number of benzene rings is 6. The van der Waals surface area contributed by atoms with E-state index in [0.717, 1.165) is 0 Å². The Balaban J connectivity index is 0.000000119. The van der Waals surface area contributed by atoms with Gasteiger partial charge in [0, 0.05) is 84.8 Å². The predicted octanol–water partition coefficient (Wildman–Crippen LogP) is 9.93. The molecule has 0 fully saturated rings. The molecule has 0 aliphatic rings. The van der Waals surface area contributed by atoms with Crippen LogP contribution < -0.4 is 0 Å². The van der Waals surface area contributed by atoms with Crippen molar-refractivity contribution >= 4 is 87.2 Å². The Morgan fingerprint density at radius 2 is 0.881 bits per heavy atom. The summed E-state index contributed by atoms with van der Waals surface area (Å²) in [4.78, 5) is 7.13. The molecule has 10 aromatic rings. The zero-order chi connectivity index (χ0) is 27.9. The number of rotatable bonds is 0. The van der Waals surface area contributed by atoms with Crippen LogP contribution in [0.4, 0.5) is 0 Å². The molecular weight excluding hydrogens is 512 g/mol. The van der Waals surface area contributed by atoms with E-state index < -0.39 is 0 Å². The highest BCUT2D eigenvalue weighted by atomic mass is 15.0. The van der Waals surface area contributed by atoms with Crippen molar-refractivity contribution in [3.8, 4) is 0 Å². The number of nitrogens with zero attached hydrogens (tertiary/aromatic N) is 2. The summed E-state index contributed by atoms with van der Waals surface area (Å²) in [6.45, 7) is 0. The summed E-state index contributed by atoms with van der Waals surface area (Å²) < 4.78 is 4.61. The predicted molar refractivity (Wildman–Crippen MR) is 180 cm³/mol. The van der Waals surface area contributed by atoms with Gasteiger partial charge in [0.25, 0.3) is 0 Å². The first-order chi connectivity index (χ1) is 20.7. The fraction of sp³-hybridized carbons (Fsp3) is 0.0526. The molecule has 0 atom stereocenters. The van der Waals surface area contributed by atoms with Gasteiger partial charge in [0.2, 0.25) is 0 Å². The molecular formula is C38H28N4. The number of aromatic nitrogens is 4. The summed E-state index contributed by atoms with van der Waals surface area (Å²) in [5.41, 5.74) is 9.98. The normalized spacial score (nSPS) is 12.0. The number of nitrogens with one attached hydrogen (secondary N) is 2. The topological polar surface area (TPSA) is 41.4 Å². The summed E-state index contributed by atoms with van der Waals surface area (Å²) in [6, 6.07) is 43.2. The number of aryl methyl sites for hydroxylation is 2. The first kappa shape index (κ1) is 23.2. The average molecular weight is 541 g/mol. The molecule has 0 saturated carbocycles. The Morgan fingerprint density at radius 3 is 1.60 bits per heavy atom. The maximum atomic E-state index is 3.60. The van der Waals surface area contributed by atoms with Crippen molar-refractivity contribution in [2.75, 3.05) is 0 Å². The van der Waals surface area contributed by atoms with Gasteiger partial charge in [-0.25, -0.2) is 0 Å². The van der Waals surface area contributed by atoms with E-state index >= 15 is 0 Å². The zero-order valence-electron chi connectivity index (χ0n) is 23.4. The molecule has 4 heterocycles. The maximum absolute atomic E-state index is 3.60. The molecule has 0 saturated heterocycles. The van der Waals surface area contributed by atoms with Crippen LogP contribution in [0.15, 0.2) is 121 Å². The summed E-state index contributed by atoms with van der Waals surface area (Å²) in [7, 11) is 4.31. The second-order valence-corrected chi connectivity index (χ2v) is 11.3. The minimum atomic E-state index is 1.20. The van der Waals surface area contributed by atoms with Gasteiger partial charge in [-0.05, 0) is 30.3 Å². The highest BCUT2D eigenvalue weighted by Gasteiger charge is 2.15. The minimum absolute atomic E-state index is 1.20. The standard InChI is InChI=1S/2C19H14N2/c1-21-17-9-5-3-6-12(17)13-10-11-16-18(19(13)21)14-7-2-4-8-15(14)20-16;1-21-17-9-5-3-7-13(17)15-11-10-14-12-6-2-4-8-16(12)20-18(14)19(15)21/h2*2-11,20H,1H3. The second kappa shape index (κ2) is 8.51. The van der Waals surface area contributed by atoms with Crippen LogP contribution in [0.3, 0.4) is 0 Å². The van der Waals surface area contributed by atoms with Crippen molar-refractivity contribution in [1.29, 1.82) is 0 Å². The number of H-pyrrole nitrogens is 2. The van der Waals surface area contributed by atoms with Crippen LogP contribution in [0.25, 0.3) is 87.2 Å². The molecule has 200 valence electrons. The molecule has 0 bridgehead atoms. The van der Waals surface area contributed by atoms with Gasteiger partial charge < -0.3 is 19.1 Å². The SMILES string of the molecule is Cn1c2ccccc2c2ccc3[nH]c4ccccc4c3c21.Cn1c2ccccc2c2ccc3c4ccccc4[nH]c3c21. The first-order valence-electron chi connectivity index (χ1n) is 14.4. The average Bonchev–Trinajstić information content (AvgIpc) is 3.76. The van der Waals surface area contributed by atoms with Crippen LogP contribution in [0.5, 0.6) is 0 Å². The van der Waals surface area contributed by atoms with Gasteiger partial charge >= 0.3 is 0 Å². The Kier molecular flexibility index (Phi) is 4.71. The number of aromatic amines is 2. The van der Waals surface area contributed by atoms with E-state index in [-0.39, 0.29) is 0 Å². The molecule has 10 rings (SSSR count). The van der Waals surface area contributed by atoms with Gasteiger partial charge in [-0.3, -0.25) is 0 Å². The zero-order valence-corrected chi connectivity index (χ0v) is 23.4. The largest absolute Gasteiger partial charge is 0.354 e. The van der Waals surface area contributed by atoms with E-state index in [0.29, 0.717) is 0 Å². The minimum Gasteiger partial charge on any atom is -0.354 e. The van der Waals surface area contributed by atoms with Crippen molar-refractivity contribution in [3.63, 3.8) is 0 Å². The van der Waals surface area contributed by atoms with Crippen molar-refractivity contribution in [3.05, 3.63) is 121 Å². The molecule has 4 nitrogen and oxygen atoms in total. The smallest absolute Gasteiger partial charge is 0.0734 e. The van der Waals surface area contributed by atoms with Crippen LogP contribution >= 0.6 is 0 Å². The summed E-state index contributed by atoms with van der Waals surface area (Å²) in [5.74, 6) is 0. The molecule has 2 N–H and O–H groups in total. The molecule has 4 heteroatoms. The molecule has 0 aliphatic carbocycles. The highest BCUT2D eigenvalue weighted by Crippen LogP contribution is 2.38. The third-order valence-electron chi connectivity index (χ3n) is 9.08. The molecule has 42 heavy (non-hydrogen) atoms. The molecule has 0 amide bonds. The molecule has 0 spiro atoms. The van der Waals surface area contributed by atoms with Crippen molar-refractivity contribution in [2.45, 2.75) is 0 Å². The van der Waals surface area contributed by atoms with Gasteiger partial charge in [0.1, 0.15) is 0 Å². The van der Waals surface area contributed by atoms with Crippen LogP contribution in [-0.2, 0) is 14.1 Å². The Morgan fingerprint density at radius 1 is 0.381 bits per heavy atom. The Labute approximate surface area is 241 Å². The van der Waals surface area contributed by atoms with Crippen LogP contribution in [0.2, 0.25) is 0 Å². The number of hydrogen-bond donors (Lipinski definition) is 2. The van der Waals surface area contributed by atoms with E-state index in [1.54, 1.807) is 0 Å². The summed E-state index contributed by atoms with van der Waals surface area (Å²) >= 11 is 0. The summed E-state index contributed by atoms with van der Waals surface area (Å²) in [5, 5.41) is 10.5. The lowest BCUT2D eigenvalue weighted by Crippen LogP contribution is -1.87. The quantitative estimate of drug-likeness (QED) is 0.192. The molecule has 0 radical (unpaired) electrons. The number of para-hydroxylation sites is 4. The van der Waals surface area contributed by atoms with Crippen molar-refractivity contribution < 1.29 is 0 Å². The van der Waals surface area contributed by atoms with Gasteiger partial charge in [0.05, 0.1) is 16.6 Å². The third-order valence-corrected chi connectivity index (χ3v) is 9.08. The van der Waals surface area contributed by atoms with E-state index in [9.17, 15) is 0 Å². The fourth-order valence-electron chi connectivity index (χ4n) is 7.19. The van der Waals surface area contributed by atoms with Crippen molar-refractivity contribution in [2.24, 2.45) is 14.1 Å². The van der Waals surface area contributed by atoms with E-state index in [1.807, 2.05) is 0 Å². The molecule has 6 aromatic carbocycles. The first-order valence-corrected chi connectivity index (χ1v) is 14.4. The lowest BCUT2D eigenvalue weighted by Gasteiger charge is -2.00. The van der Waals surface area contributed by atoms with Gasteiger partial charge in [-0.1, -0.05) is 91.0 Å². The Bertz CT molecular complexity index is 2650. The van der Waals surface area contributed by atoms with Gasteiger partial charge in [-0.2, -0.15) is 0 Å². The van der Waals surface area contributed by atoms with E-state index in [1.165, 1.54) is 87.2 Å². The van der Waals surface area contributed by atoms with Crippen LogP contribution in [-0.4, -0.2) is 19.1 Å². The lowest BCUT2D eigenvalue weighted by atomic mass is 10.1. The second-order valence-electron chi connectivity index (χ2n) is 11.3. The lowest BCUT2D eigenvalue weighted by molar-refractivity contribution is 1.02. The van der Waals surface area contributed by atoms with Gasteiger partial charge in [-0.15, -0.1) is 0 Å². The summed E-state index contributed by atoms with van der Waals surface area (Å²) in [6.07, 6.45) is 0. The maximum Gasteiger partial charge on any atom is 0.0734 e. The third kappa shape index (κ3) is 3.06. The number of hydrogen-bond acceptors (Lipinski definition) is 0. The highest BCUT2D eigenvalue weighted by molar-refractivity contribution is 6.25. The fourth-order valence-corrected chi connectivity index (χ4v) is 7.19. The van der Waals surface area contributed by atoms with E-state index in [4.69, 9.17) is 0 Å². The van der Waals surface area contributed by atoms with Crippen LogP contribution in [0.1, 0.15) is 0 Å². The Hall–Kier alpha value is -5.48. The van der Waals surface area contributed by atoms with Crippen molar-refractivity contribution in [1.82, 2.24) is 19.1 Å².